The number of hydrogen-bond acceptors (Lipinski definition) is 4. The highest BCUT2D eigenvalue weighted by atomic mass is 16.6. The lowest BCUT2D eigenvalue weighted by Gasteiger charge is -2.28. The molecule has 0 spiro atoms. The molecule has 1 amide bonds. The third-order valence-electron chi connectivity index (χ3n) is 4.20. The molecule has 0 aromatic heterocycles. The van der Waals surface area contributed by atoms with E-state index >= 15 is 0 Å². The average Bonchev–Trinajstić information content (AvgIpc) is 2.89. The third-order valence-corrected chi connectivity index (χ3v) is 4.20. The number of rotatable bonds is 3. The van der Waals surface area contributed by atoms with Crippen LogP contribution >= 0.6 is 0 Å². The summed E-state index contributed by atoms with van der Waals surface area (Å²) >= 11 is 0. The second-order valence-corrected chi connectivity index (χ2v) is 7.05. The van der Waals surface area contributed by atoms with Gasteiger partial charge in [0.15, 0.2) is 0 Å². The van der Waals surface area contributed by atoms with E-state index in [-0.39, 0.29) is 11.2 Å². The van der Waals surface area contributed by atoms with Gasteiger partial charge < -0.3 is 15.6 Å². The Balaban J connectivity index is 2.22. The number of nitrogens with two attached hydrogens (primary N) is 1. The monoisotopic (exact) mass is 306 g/mol. The molecule has 1 aliphatic rings. The maximum Gasteiger partial charge on any atom is 0.412 e. The van der Waals surface area contributed by atoms with E-state index in [9.17, 15) is 9.90 Å². The van der Waals surface area contributed by atoms with Crippen LogP contribution in [0.2, 0.25) is 0 Å². The minimum absolute atomic E-state index is 0.0276. The molecule has 1 fully saturated rings. The lowest BCUT2D eigenvalue weighted by Crippen LogP contribution is -2.32. The van der Waals surface area contributed by atoms with Crippen molar-refractivity contribution in [3.63, 3.8) is 0 Å². The molecule has 0 bridgehead atoms. The van der Waals surface area contributed by atoms with E-state index in [1.165, 1.54) is 0 Å². The van der Waals surface area contributed by atoms with Gasteiger partial charge in [0.1, 0.15) is 11.4 Å². The minimum atomic E-state index is -0.582. The van der Waals surface area contributed by atoms with Crippen LogP contribution in [0.15, 0.2) is 18.2 Å². The molecule has 0 aliphatic heterocycles. The van der Waals surface area contributed by atoms with Crippen LogP contribution in [0.5, 0.6) is 5.75 Å². The molecule has 22 heavy (non-hydrogen) atoms. The number of benzene rings is 1. The van der Waals surface area contributed by atoms with Gasteiger partial charge in [-0.1, -0.05) is 18.9 Å². The maximum absolute atomic E-state index is 11.9. The van der Waals surface area contributed by atoms with Crippen molar-refractivity contribution >= 4 is 11.8 Å². The predicted molar refractivity (Wildman–Crippen MR) is 87.2 cm³/mol. The highest BCUT2D eigenvalue weighted by molar-refractivity contribution is 5.87. The number of aromatic hydroxyl groups is 1. The topological polar surface area (TPSA) is 84.6 Å². The smallest absolute Gasteiger partial charge is 0.412 e. The first-order valence-corrected chi connectivity index (χ1v) is 7.79. The van der Waals surface area contributed by atoms with Crippen LogP contribution in [0.1, 0.15) is 52.0 Å². The second-order valence-electron chi connectivity index (χ2n) is 7.05. The summed E-state index contributed by atoms with van der Waals surface area (Å²) in [4.78, 5) is 11.9. The van der Waals surface area contributed by atoms with Gasteiger partial charge >= 0.3 is 6.09 Å². The number of nitrogens with one attached hydrogen (secondary N) is 1. The van der Waals surface area contributed by atoms with Crippen molar-refractivity contribution in [1.29, 1.82) is 0 Å². The van der Waals surface area contributed by atoms with Gasteiger partial charge in [-0.15, -0.1) is 0 Å². The molecular weight excluding hydrogens is 280 g/mol. The summed E-state index contributed by atoms with van der Waals surface area (Å²) in [5, 5.41) is 12.6. The van der Waals surface area contributed by atoms with Crippen LogP contribution in [-0.4, -0.2) is 23.3 Å². The average molecular weight is 306 g/mol. The van der Waals surface area contributed by atoms with Gasteiger partial charge in [0.2, 0.25) is 0 Å². The number of phenolic OH excluding ortho intramolecular Hbond substituents is 1. The fraction of sp³-hybridized carbons (Fsp3) is 0.588. The molecule has 0 radical (unpaired) electrons. The van der Waals surface area contributed by atoms with Gasteiger partial charge in [-0.3, -0.25) is 5.32 Å². The predicted octanol–water partition coefficient (Wildman–Crippen LogP) is 3.51. The number of anilines is 1. The van der Waals surface area contributed by atoms with E-state index in [4.69, 9.17) is 10.5 Å². The van der Waals surface area contributed by atoms with Gasteiger partial charge in [0.05, 0.1) is 5.69 Å². The molecule has 0 atom stereocenters. The number of carbonyl (C=O) groups excluding carboxylic acids is 1. The molecule has 5 nitrogen and oxygen atoms in total. The van der Waals surface area contributed by atoms with Crippen LogP contribution in [0, 0.1) is 0 Å². The highest BCUT2D eigenvalue weighted by Gasteiger charge is 2.34. The molecule has 0 heterocycles. The summed E-state index contributed by atoms with van der Waals surface area (Å²) in [6, 6.07) is 5.32. The quantitative estimate of drug-likeness (QED) is 0.746. The van der Waals surface area contributed by atoms with Crippen LogP contribution in [-0.2, 0) is 10.2 Å². The number of amides is 1. The largest absolute Gasteiger partial charge is 0.506 e. The molecule has 1 aromatic carbocycles. The zero-order valence-electron chi connectivity index (χ0n) is 13.6. The van der Waals surface area contributed by atoms with E-state index in [0.29, 0.717) is 12.2 Å². The van der Waals surface area contributed by atoms with Crippen LogP contribution in [0.4, 0.5) is 10.5 Å². The Hall–Kier alpha value is -1.75. The zero-order valence-corrected chi connectivity index (χ0v) is 13.6. The Bertz CT molecular complexity index is 543. The van der Waals surface area contributed by atoms with Crippen LogP contribution < -0.4 is 11.1 Å². The molecule has 1 saturated carbocycles. The fourth-order valence-corrected chi connectivity index (χ4v) is 3.04. The van der Waals surface area contributed by atoms with E-state index in [2.05, 4.69) is 5.32 Å². The molecule has 1 aliphatic carbocycles. The number of carbonyl (C=O) groups is 1. The molecule has 0 saturated heterocycles. The number of phenols is 1. The minimum Gasteiger partial charge on any atom is -0.506 e. The van der Waals surface area contributed by atoms with Crippen molar-refractivity contribution in [2.24, 2.45) is 5.73 Å². The summed E-state index contributed by atoms with van der Waals surface area (Å²) in [5.74, 6) is 0.0276. The Labute approximate surface area is 131 Å². The fourth-order valence-electron chi connectivity index (χ4n) is 3.04. The van der Waals surface area contributed by atoms with Crippen molar-refractivity contribution in [3.8, 4) is 5.75 Å². The van der Waals surface area contributed by atoms with Crippen molar-refractivity contribution in [2.45, 2.75) is 57.5 Å². The standard InChI is InChI=1S/C17H26N2O3/c1-16(2,3)22-15(21)19-13-10-12(6-7-14(13)20)17(11-18)8-4-5-9-17/h6-7,10,20H,4-5,8-9,11,18H2,1-3H3,(H,19,21). The molecule has 122 valence electrons. The SMILES string of the molecule is CC(C)(C)OC(=O)Nc1cc(C2(CN)CCCC2)ccc1O. The Morgan fingerprint density at radius 1 is 1.36 bits per heavy atom. The lowest BCUT2D eigenvalue weighted by molar-refractivity contribution is 0.0635. The number of hydrogen-bond donors (Lipinski definition) is 3. The molecule has 2 rings (SSSR count). The van der Waals surface area contributed by atoms with Gasteiger partial charge in [-0.05, 0) is 51.3 Å². The highest BCUT2D eigenvalue weighted by Crippen LogP contribution is 2.42. The Morgan fingerprint density at radius 2 is 2.00 bits per heavy atom. The first kappa shape index (κ1) is 16.6. The van der Waals surface area contributed by atoms with E-state index in [1.807, 2.05) is 12.1 Å². The summed E-state index contributed by atoms with van der Waals surface area (Å²) in [6.45, 7) is 5.96. The van der Waals surface area contributed by atoms with E-state index in [0.717, 1.165) is 31.2 Å². The molecular formula is C17H26N2O3. The Kier molecular flexibility index (Phi) is 4.66. The van der Waals surface area contributed by atoms with Crippen LogP contribution in [0.3, 0.4) is 0 Å². The van der Waals surface area contributed by atoms with Crippen molar-refractivity contribution < 1.29 is 14.6 Å². The van der Waals surface area contributed by atoms with E-state index in [1.54, 1.807) is 26.8 Å². The van der Waals surface area contributed by atoms with Crippen molar-refractivity contribution in [1.82, 2.24) is 0 Å². The molecule has 1 aromatic rings. The number of ether oxygens (including phenoxy) is 1. The third kappa shape index (κ3) is 3.71. The molecule has 5 heteroatoms. The maximum atomic E-state index is 11.9. The van der Waals surface area contributed by atoms with Gasteiger partial charge in [-0.2, -0.15) is 0 Å². The van der Waals surface area contributed by atoms with Gasteiger partial charge in [0, 0.05) is 12.0 Å². The van der Waals surface area contributed by atoms with Gasteiger partial charge in [0.25, 0.3) is 0 Å². The molecule has 4 N–H and O–H groups in total. The summed E-state index contributed by atoms with van der Waals surface area (Å²) in [5.41, 5.74) is 6.81. The summed E-state index contributed by atoms with van der Waals surface area (Å²) in [6.07, 6.45) is 3.83. The summed E-state index contributed by atoms with van der Waals surface area (Å²) in [7, 11) is 0. The second kappa shape index (κ2) is 6.16. The first-order chi connectivity index (χ1) is 10.3. The van der Waals surface area contributed by atoms with Crippen LogP contribution in [0.25, 0.3) is 0 Å². The van der Waals surface area contributed by atoms with Crippen molar-refractivity contribution in [3.05, 3.63) is 23.8 Å². The normalized spacial score (nSPS) is 17.3. The summed E-state index contributed by atoms with van der Waals surface area (Å²) < 4.78 is 5.23. The Morgan fingerprint density at radius 3 is 2.55 bits per heavy atom. The van der Waals surface area contributed by atoms with Crippen molar-refractivity contribution in [2.75, 3.05) is 11.9 Å². The zero-order chi connectivity index (χ0) is 16.4. The van der Waals surface area contributed by atoms with E-state index < -0.39 is 11.7 Å². The van der Waals surface area contributed by atoms with Gasteiger partial charge in [-0.25, -0.2) is 4.79 Å². The molecule has 0 unspecified atom stereocenters. The first-order valence-electron chi connectivity index (χ1n) is 7.79. The lowest BCUT2D eigenvalue weighted by atomic mass is 9.79.